The van der Waals surface area contributed by atoms with Crippen molar-refractivity contribution >= 4 is 28.9 Å². The first-order chi connectivity index (χ1) is 9.52. The summed E-state index contributed by atoms with van der Waals surface area (Å²) in [6.45, 7) is 4.03. The highest BCUT2D eigenvalue weighted by atomic mass is 35.5. The molecule has 1 aromatic heterocycles. The smallest absolute Gasteiger partial charge is 0.139 e. The van der Waals surface area contributed by atoms with Crippen molar-refractivity contribution in [2.45, 2.75) is 19.8 Å². The number of hydrogen-bond acceptors (Lipinski definition) is 5. The van der Waals surface area contributed by atoms with Gasteiger partial charge in [0.2, 0.25) is 0 Å². The summed E-state index contributed by atoms with van der Waals surface area (Å²) in [6, 6.07) is 7.07. The van der Waals surface area contributed by atoms with Crippen LogP contribution in [0.1, 0.15) is 30.9 Å². The van der Waals surface area contributed by atoms with Crippen molar-refractivity contribution in [2.24, 2.45) is 0 Å². The summed E-state index contributed by atoms with van der Waals surface area (Å²) in [5.41, 5.74) is 7.91. The molecular weight excluding hydrogens is 274 g/mol. The largest absolute Gasteiger partial charge is 0.383 e. The van der Waals surface area contributed by atoms with Gasteiger partial charge in [0.05, 0.1) is 22.3 Å². The fraction of sp³-hybridized carbons (Fsp3) is 0.214. The Kier molecular flexibility index (Phi) is 4.06. The van der Waals surface area contributed by atoms with Crippen molar-refractivity contribution in [1.29, 1.82) is 5.26 Å². The van der Waals surface area contributed by atoms with Gasteiger partial charge in [-0.15, -0.1) is 0 Å². The van der Waals surface area contributed by atoms with Crippen LogP contribution in [0.5, 0.6) is 0 Å². The molecule has 6 heteroatoms. The van der Waals surface area contributed by atoms with Gasteiger partial charge in [-0.05, 0) is 24.1 Å². The summed E-state index contributed by atoms with van der Waals surface area (Å²) in [7, 11) is 0. The van der Waals surface area contributed by atoms with E-state index in [2.05, 4.69) is 15.3 Å². The first kappa shape index (κ1) is 14.1. The maximum absolute atomic E-state index is 8.83. The van der Waals surface area contributed by atoms with Gasteiger partial charge in [0, 0.05) is 5.56 Å². The summed E-state index contributed by atoms with van der Waals surface area (Å²) in [6.07, 6.45) is 1.40. The molecule has 1 aromatic carbocycles. The maximum atomic E-state index is 8.83. The molecule has 2 rings (SSSR count). The number of nitrogens with two attached hydrogens (primary N) is 1. The number of benzene rings is 1. The Morgan fingerprint density at radius 3 is 2.70 bits per heavy atom. The normalized spacial score (nSPS) is 10.3. The van der Waals surface area contributed by atoms with Gasteiger partial charge in [-0.25, -0.2) is 9.97 Å². The Morgan fingerprint density at radius 1 is 1.35 bits per heavy atom. The zero-order valence-electron chi connectivity index (χ0n) is 11.2. The fourth-order valence-corrected chi connectivity index (χ4v) is 2.12. The van der Waals surface area contributed by atoms with Crippen molar-refractivity contribution in [3.8, 4) is 6.07 Å². The summed E-state index contributed by atoms with van der Waals surface area (Å²) in [5, 5.41) is 12.4. The van der Waals surface area contributed by atoms with E-state index < -0.39 is 0 Å². The van der Waals surface area contributed by atoms with Gasteiger partial charge < -0.3 is 11.1 Å². The summed E-state index contributed by atoms with van der Waals surface area (Å²) in [5.74, 6) is 1.25. The lowest BCUT2D eigenvalue weighted by Crippen LogP contribution is -2.06. The Bertz CT molecular complexity index is 676. The molecule has 0 amide bonds. The van der Waals surface area contributed by atoms with Crippen LogP contribution in [0.15, 0.2) is 24.5 Å². The zero-order chi connectivity index (χ0) is 14.7. The van der Waals surface area contributed by atoms with E-state index in [0.717, 1.165) is 5.56 Å². The molecule has 102 valence electrons. The second-order valence-electron chi connectivity index (χ2n) is 4.61. The maximum Gasteiger partial charge on any atom is 0.139 e. The van der Waals surface area contributed by atoms with E-state index in [4.69, 9.17) is 22.6 Å². The van der Waals surface area contributed by atoms with Crippen LogP contribution in [-0.2, 0) is 0 Å². The number of hydrogen-bond donors (Lipinski definition) is 2. The molecule has 2 aromatic rings. The summed E-state index contributed by atoms with van der Waals surface area (Å²) >= 11 is 6.14. The van der Waals surface area contributed by atoms with Crippen molar-refractivity contribution in [3.63, 3.8) is 0 Å². The number of nitrogens with one attached hydrogen (secondary N) is 1. The van der Waals surface area contributed by atoms with E-state index >= 15 is 0 Å². The molecule has 20 heavy (non-hydrogen) atoms. The topological polar surface area (TPSA) is 87.6 Å². The molecule has 0 fully saturated rings. The minimum absolute atomic E-state index is 0.177. The van der Waals surface area contributed by atoms with Crippen molar-refractivity contribution in [3.05, 3.63) is 40.7 Å². The van der Waals surface area contributed by atoms with Crippen molar-refractivity contribution in [1.82, 2.24) is 9.97 Å². The average Bonchev–Trinajstić information content (AvgIpc) is 2.40. The Labute approximate surface area is 122 Å². The molecule has 0 saturated carbocycles. The molecule has 5 nitrogen and oxygen atoms in total. The van der Waals surface area contributed by atoms with E-state index in [0.29, 0.717) is 27.9 Å². The van der Waals surface area contributed by atoms with E-state index in [1.165, 1.54) is 6.33 Å². The van der Waals surface area contributed by atoms with Crippen LogP contribution in [0.3, 0.4) is 0 Å². The van der Waals surface area contributed by atoms with E-state index in [1.54, 1.807) is 18.2 Å². The minimum atomic E-state index is 0.177. The quantitative estimate of drug-likeness (QED) is 0.902. The predicted octanol–water partition coefficient (Wildman–Crippen LogP) is 3.45. The molecule has 1 heterocycles. The van der Waals surface area contributed by atoms with Gasteiger partial charge in [-0.2, -0.15) is 5.26 Å². The molecular formula is C14H14ClN5. The number of anilines is 3. The summed E-state index contributed by atoms with van der Waals surface area (Å²) < 4.78 is 0. The lowest BCUT2D eigenvalue weighted by atomic mass is 10.0. The third-order valence-corrected chi connectivity index (χ3v) is 3.16. The number of rotatable bonds is 3. The number of nitrogen functional groups attached to an aromatic ring is 1. The predicted molar refractivity (Wildman–Crippen MR) is 80.0 cm³/mol. The highest BCUT2D eigenvalue weighted by Gasteiger charge is 2.14. The van der Waals surface area contributed by atoms with Crippen LogP contribution in [0.25, 0.3) is 0 Å². The van der Waals surface area contributed by atoms with E-state index in [-0.39, 0.29) is 5.92 Å². The van der Waals surface area contributed by atoms with Gasteiger partial charge in [-0.3, -0.25) is 0 Å². The zero-order valence-corrected chi connectivity index (χ0v) is 11.9. The van der Waals surface area contributed by atoms with Crippen LogP contribution >= 0.6 is 11.6 Å². The first-order valence-corrected chi connectivity index (χ1v) is 6.47. The van der Waals surface area contributed by atoms with Crippen LogP contribution in [0, 0.1) is 11.3 Å². The number of nitriles is 1. The second kappa shape index (κ2) is 5.76. The average molecular weight is 288 g/mol. The molecule has 0 atom stereocenters. The standard InChI is InChI=1S/C14H14ClN5/c1-8(2)12-13(17)18-7-19-14(12)20-11-4-3-9(6-16)5-10(11)15/h3-5,7-8H,1-2H3,(H3,17,18,19,20). The second-order valence-corrected chi connectivity index (χ2v) is 5.01. The molecule has 0 unspecified atom stereocenters. The van der Waals surface area contributed by atoms with Crippen molar-refractivity contribution < 1.29 is 0 Å². The molecule has 0 radical (unpaired) electrons. The fourth-order valence-electron chi connectivity index (χ4n) is 1.89. The van der Waals surface area contributed by atoms with Gasteiger partial charge in [0.1, 0.15) is 18.0 Å². The van der Waals surface area contributed by atoms with Gasteiger partial charge in [0.15, 0.2) is 0 Å². The Balaban J connectivity index is 2.41. The molecule has 0 aliphatic rings. The third kappa shape index (κ3) is 2.81. The van der Waals surface area contributed by atoms with Crippen LogP contribution < -0.4 is 11.1 Å². The lowest BCUT2D eigenvalue weighted by Gasteiger charge is -2.15. The van der Waals surface area contributed by atoms with Crippen LogP contribution in [-0.4, -0.2) is 9.97 Å². The van der Waals surface area contributed by atoms with Gasteiger partial charge in [0.25, 0.3) is 0 Å². The highest BCUT2D eigenvalue weighted by Crippen LogP contribution is 2.31. The SMILES string of the molecule is CC(C)c1c(N)ncnc1Nc1ccc(C#N)cc1Cl. The minimum Gasteiger partial charge on any atom is -0.383 e. The molecule has 0 aliphatic heterocycles. The molecule has 3 N–H and O–H groups in total. The monoisotopic (exact) mass is 287 g/mol. The molecule has 0 aliphatic carbocycles. The first-order valence-electron chi connectivity index (χ1n) is 6.10. The van der Waals surface area contributed by atoms with Crippen molar-refractivity contribution in [2.75, 3.05) is 11.1 Å². The van der Waals surface area contributed by atoms with Crippen LogP contribution in [0.4, 0.5) is 17.3 Å². The Morgan fingerprint density at radius 2 is 2.10 bits per heavy atom. The lowest BCUT2D eigenvalue weighted by molar-refractivity contribution is 0.855. The highest BCUT2D eigenvalue weighted by molar-refractivity contribution is 6.33. The van der Waals surface area contributed by atoms with E-state index in [1.807, 2.05) is 19.9 Å². The number of halogens is 1. The molecule has 0 saturated heterocycles. The number of aromatic nitrogens is 2. The van der Waals surface area contributed by atoms with Crippen LogP contribution in [0.2, 0.25) is 5.02 Å². The molecule has 0 spiro atoms. The number of nitrogens with zero attached hydrogens (tertiary/aromatic N) is 3. The third-order valence-electron chi connectivity index (χ3n) is 2.84. The van der Waals surface area contributed by atoms with E-state index in [9.17, 15) is 0 Å². The Hall–Kier alpha value is -2.32. The van der Waals surface area contributed by atoms with Gasteiger partial charge in [-0.1, -0.05) is 25.4 Å². The summed E-state index contributed by atoms with van der Waals surface area (Å²) in [4.78, 5) is 8.22. The molecule has 0 bridgehead atoms. The van der Waals surface area contributed by atoms with Gasteiger partial charge >= 0.3 is 0 Å².